The Morgan fingerprint density at radius 3 is 2.55 bits per heavy atom. The fourth-order valence-corrected chi connectivity index (χ4v) is 1.68. The molecule has 1 unspecified atom stereocenters. The van der Waals surface area contributed by atoms with Gasteiger partial charge in [0.15, 0.2) is 0 Å². The van der Waals surface area contributed by atoms with Crippen LogP contribution in [0.1, 0.15) is 26.3 Å². The molecule has 0 bridgehead atoms. The average molecular weight is 279 g/mol. The Morgan fingerprint density at radius 2 is 2.00 bits per heavy atom. The molecule has 0 fully saturated rings. The van der Waals surface area contributed by atoms with Crippen molar-refractivity contribution >= 4 is 17.3 Å². The standard InChI is InChI=1S/C14H21N3O3/c1-9(2)8-15-14(18)11(4)16-12-7-10(3)5-6-13(12)17(19)20/h5-7,9,11,16H,8H2,1-4H3,(H,15,18). The molecule has 0 heterocycles. The minimum atomic E-state index is -0.533. The minimum Gasteiger partial charge on any atom is -0.368 e. The van der Waals surface area contributed by atoms with Crippen molar-refractivity contribution in [3.05, 3.63) is 33.9 Å². The number of carbonyl (C=O) groups excluding carboxylic acids is 1. The highest BCUT2D eigenvalue weighted by molar-refractivity contribution is 5.85. The summed E-state index contributed by atoms with van der Waals surface area (Å²) in [6.07, 6.45) is 0. The Kier molecular flexibility index (Phi) is 5.49. The van der Waals surface area contributed by atoms with Gasteiger partial charge in [-0.25, -0.2) is 0 Å². The van der Waals surface area contributed by atoms with Gasteiger partial charge in [-0.15, -0.1) is 0 Å². The van der Waals surface area contributed by atoms with Gasteiger partial charge in [-0.1, -0.05) is 19.9 Å². The zero-order valence-corrected chi connectivity index (χ0v) is 12.3. The summed E-state index contributed by atoms with van der Waals surface area (Å²) >= 11 is 0. The number of anilines is 1. The van der Waals surface area contributed by atoms with Gasteiger partial charge in [-0.3, -0.25) is 14.9 Å². The zero-order valence-electron chi connectivity index (χ0n) is 12.3. The van der Waals surface area contributed by atoms with Crippen molar-refractivity contribution in [1.82, 2.24) is 5.32 Å². The second-order valence-corrected chi connectivity index (χ2v) is 5.28. The summed E-state index contributed by atoms with van der Waals surface area (Å²) in [4.78, 5) is 22.4. The number of carbonyl (C=O) groups is 1. The van der Waals surface area contributed by atoms with E-state index in [0.29, 0.717) is 18.2 Å². The molecule has 0 aliphatic heterocycles. The van der Waals surface area contributed by atoms with Gasteiger partial charge in [0.1, 0.15) is 11.7 Å². The first-order valence-electron chi connectivity index (χ1n) is 6.60. The molecule has 0 saturated carbocycles. The van der Waals surface area contributed by atoms with E-state index in [1.807, 2.05) is 20.8 Å². The quantitative estimate of drug-likeness (QED) is 0.619. The van der Waals surface area contributed by atoms with Crippen molar-refractivity contribution in [2.45, 2.75) is 33.7 Å². The van der Waals surface area contributed by atoms with Crippen LogP contribution < -0.4 is 10.6 Å². The van der Waals surface area contributed by atoms with Crippen molar-refractivity contribution in [2.75, 3.05) is 11.9 Å². The lowest BCUT2D eigenvalue weighted by atomic mass is 10.1. The largest absolute Gasteiger partial charge is 0.368 e. The lowest BCUT2D eigenvalue weighted by Crippen LogP contribution is -2.39. The van der Waals surface area contributed by atoms with Gasteiger partial charge in [-0.05, 0) is 31.4 Å². The normalized spacial score (nSPS) is 12.1. The van der Waals surface area contributed by atoms with Crippen molar-refractivity contribution in [2.24, 2.45) is 5.92 Å². The van der Waals surface area contributed by atoms with Gasteiger partial charge >= 0.3 is 0 Å². The molecule has 0 aliphatic carbocycles. The second-order valence-electron chi connectivity index (χ2n) is 5.28. The third-order valence-corrected chi connectivity index (χ3v) is 2.80. The van der Waals surface area contributed by atoms with Crippen LogP contribution in [0.4, 0.5) is 11.4 Å². The highest BCUT2D eigenvalue weighted by atomic mass is 16.6. The number of rotatable bonds is 6. The van der Waals surface area contributed by atoms with E-state index in [2.05, 4.69) is 10.6 Å². The Morgan fingerprint density at radius 1 is 1.35 bits per heavy atom. The van der Waals surface area contributed by atoms with Crippen LogP contribution in [0.5, 0.6) is 0 Å². The molecule has 110 valence electrons. The van der Waals surface area contributed by atoms with Crippen molar-refractivity contribution in [3.8, 4) is 0 Å². The molecule has 0 aliphatic rings. The fraction of sp³-hybridized carbons (Fsp3) is 0.500. The second kappa shape index (κ2) is 6.88. The lowest BCUT2D eigenvalue weighted by Gasteiger charge is -2.16. The van der Waals surface area contributed by atoms with Crippen LogP contribution in [-0.2, 0) is 4.79 Å². The summed E-state index contributed by atoms with van der Waals surface area (Å²) in [6, 6.07) is 4.25. The molecule has 1 aromatic rings. The van der Waals surface area contributed by atoms with Gasteiger partial charge in [0.25, 0.3) is 5.69 Å². The average Bonchev–Trinajstić information content (AvgIpc) is 2.35. The smallest absolute Gasteiger partial charge is 0.292 e. The highest BCUT2D eigenvalue weighted by Gasteiger charge is 2.19. The first-order valence-corrected chi connectivity index (χ1v) is 6.60. The SMILES string of the molecule is Cc1ccc([N+](=O)[O-])c(NC(C)C(=O)NCC(C)C)c1. The Hall–Kier alpha value is -2.11. The monoisotopic (exact) mass is 279 g/mol. The molecular formula is C14H21N3O3. The Labute approximate surface area is 118 Å². The number of aryl methyl sites for hydroxylation is 1. The van der Waals surface area contributed by atoms with Crippen LogP contribution in [0.25, 0.3) is 0 Å². The predicted molar refractivity (Wildman–Crippen MR) is 78.8 cm³/mol. The van der Waals surface area contributed by atoms with Gasteiger partial charge in [0.2, 0.25) is 5.91 Å². The maximum atomic E-state index is 11.9. The molecule has 0 saturated heterocycles. The Balaban J connectivity index is 2.79. The molecule has 1 rings (SSSR count). The van der Waals surface area contributed by atoms with E-state index in [0.717, 1.165) is 5.56 Å². The van der Waals surface area contributed by atoms with Gasteiger partial charge in [0.05, 0.1) is 4.92 Å². The van der Waals surface area contributed by atoms with Crippen LogP contribution >= 0.6 is 0 Å². The summed E-state index contributed by atoms with van der Waals surface area (Å²) in [6.45, 7) is 8.12. The summed E-state index contributed by atoms with van der Waals surface area (Å²) < 4.78 is 0. The molecule has 0 radical (unpaired) electrons. The number of nitrogens with zero attached hydrogens (tertiary/aromatic N) is 1. The van der Waals surface area contributed by atoms with Gasteiger partial charge in [-0.2, -0.15) is 0 Å². The van der Waals surface area contributed by atoms with Gasteiger partial charge in [0, 0.05) is 12.6 Å². The summed E-state index contributed by atoms with van der Waals surface area (Å²) in [7, 11) is 0. The molecule has 6 heteroatoms. The molecular weight excluding hydrogens is 258 g/mol. The molecule has 0 spiro atoms. The van der Waals surface area contributed by atoms with Crippen molar-refractivity contribution in [3.63, 3.8) is 0 Å². The number of nitro benzene ring substituents is 1. The molecule has 1 amide bonds. The van der Waals surface area contributed by atoms with Crippen LogP contribution in [0, 0.1) is 23.0 Å². The maximum absolute atomic E-state index is 11.9. The fourth-order valence-electron chi connectivity index (χ4n) is 1.68. The van der Waals surface area contributed by atoms with E-state index in [4.69, 9.17) is 0 Å². The third kappa shape index (κ3) is 4.53. The zero-order chi connectivity index (χ0) is 15.3. The molecule has 6 nitrogen and oxygen atoms in total. The van der Waals surface area contributed by atoms with Crippen molar-refractivity contribution < 1.29 is 9.72 Å². The van der Waals surface area contributed by atoms with E-state index in [1.54, 1.807) is 19.1 Å². The third-order valence-electron chi connectivity index (χ3n) is 2.80. The first kappa shape index (κ1) is 15.9. The summed E-state index contributed by atoms with van der Waals surface area (Å²) in [5, 5.41) is 16.7. The van der Waals surface area contributed by atoms with E-state index in [1.165, 1.54) is 6.07 Å². The molecule has 0 aromatic heterocycles. The van der Waals surface area contributed by atoms with Crippen LogP contribution in [0.2, 0.25) is 0 Å². The minimum absolute atomic E-state index is 0.0286. The Bertz CT molecular complexity index is 500. The van der Waals surface area contributed by atoms with E-state index >= 15 is 0 Å². The number of hydrogen-bond acceptors (Lipinski definition) is 4. The number of hydrogen-bond donors (Lipinski definition) is 2. The lowest BCUT2D eigenvalue weighted by molar-refractivity contribution is -0.384. The molecule has 2 N–H and O–H groups in total. The van der Waals surface area contributed by atoms with Crippen LogP contribution in [0.3, 0.4) is 0 Å². The topological polar surface area (TPSA) is 84.3 Å². The number of nitro groups is 1. The number of benzene rings is 1. The van der Waals surface area contributed by atoms with Crippen molar-refractivity contribution in [1.29, 1.82) is 0 Å². The molecule has 20 heavy (non-hydrogen) atoms. The predicted octanol–water partition coefficient (Wildman–Crippen LogP) is 2.48. The number of nitrogens with one attached hydrogen (secondary N) is 2. The molecule has 1 atom stereocenters. The van der Waals surface area contributed by atoms with E-state index < -0.39 is 11.0 Å². The van der Waals surface area contributed by atoms with E-state index in [9.17, 15) is 14.9 Å². The maximum Gasteiger partial charge on any atom is 0.292 e. The van der Waals surface area contributed by atoms with Crippen LogP contribution in [0.15, 0.2) is 18.2 Å². The van der Waals surface area contributed by atoms with E-state index in [-0.39, 0.29) is 11.6 Å². The summed E-state index contributed by atoms with van der Waals surface area (Å²) in [5.41, 5.74) is 1.23. The van der Waals surface area contributed by atoms with Crippen LogP contribution in [-0.4, -0.2) is 23.4 Å². The highest BCUT2D eigenvalue weighted by Crippen LogP contribution is 2.25. The van der Waals surface area contributed by atoms with Gasteiger partial charge < -0.3 is 10.6 Å². The molecule has 1 aromatic carbocycles. The number of amides is 1. The summed E-state index contributed by atoms with van der Waals surface area (Å²) in [5.74, 6) is 0.189. The first-order chi connectivity index (χ1) is 9.31.